The molecular weight excluding hydrogens is 350 g/mol. The second kappa shape index (κ2) is 7.13. The SMILES string of the molecule is CCOC(=O)c1ccc(-n2c(C)cc(/C=C3\NC(=S)NC3=O)c2C)cc1. The summed E-state index contributed by atoms with van der Waals surface area (Å²) in [6.45, 7) is 6.09. The second-order valence-corrected chi connectivity index (χ2v) is 6.30. The molecule has 134 valence electrons. The number of nitrogens with one attached hydrogen (secondary N) is 2. The number of ether oxygens (including phenoxy) is 1. The highest BCUT2D eigenvalue weighted by Crippen LogP contribution is 2.23. The van der Waals surface area contributed by atoms with Crippen molar-refractivity contribution >= 4 is 35.3 Å². The molecule has 1 aliphatic rings. The summed E-state index contributed by atoms with van der Waals surface area (Å²) in [5.41, 5.74) is 4.77. The summed E-state index contributed by atoms with van der Waals surface area (Å²) < 4.78 is 7.07. The zero-order valence-electron chi connectivity index (χ0n) is 14.8. The third-order valence-corrected chi connectivity index (χ3v) is 4.33. The minimum atomic E-state index is -0.334. The number of esters is 1. The van der Waals surface area contributed by atoms with Gasteiger partial charge in [0.15, 0.2) is 5.11 Å². The first kappa shape index (κ1) is 17.9. The Morgan fingerprint density at radius 3 is 2.50 bits per heavy atom. The minimum Gasteiger partial charge on any atom is -0.462 e. The number of nitrogens with zero attached hydrogens (tertiary/aromatic N) is 1. The van der Waals surface area contributed by atoms with Crippen LogP contribution in [0.25, 0.3) is 11.8 Å². The van der Waals surface area contributed by atoms with Crippen molar-refractivity contribution in [2.45, 2.75) is 20.8 Å². The fourth-order valence-corrected chi connectivity index (χ4v) is 3.13. The Hall–Kier alpha value is -2.93. The van der Waals surface area contributed by atoms with Crippen molar-refractivity contribution in [1.29, 1.82) is 0 Å². The number of hydrogen-bond acceptors (Lipinski definition) is 4. The Morgan fingerprint density at radius 1 is 1.23 bits per heavy atom. The lowest BCUT2D eigenvalue weighted by Gasteiger charge is -2.10. The third-order valence-electron chi connectivity index (χ3n) is 4.13. The highest BCUT2D eigenvalue weighted by molar-refractivity contribution is 7.80. The van der Waals surface area contributed by atoms with Gasteiger partial charge in [0.2, 0.25) is 0 Å². The van der Waals surface area contributed by atoms with Crippen molar-refractivity contribution in [2.24, 2.45) is 0 Å². The Bertz CT molecular complexity index is 926. The molecular formula is C19H19N3O3S. The minimum absolute atomic E-state index is 0.237. The summed E-state index contributed by atoms with van der Waals surface area (Å²) in [7, 11) is 0. The van der Waals surface area contributed by atoms with Gasteiger partial charge < -0.3 is 14.6 Å². The van der Waals surface area contributed by atoms with E-state index in [1.165, 1.54) is 0 Å². The number of benzene rings is 1. The normalized spacial score (nSPS) is 15.1. The highest BCUT2D eigenvalue weighted by atomic mass is 32.1. The van der Waals surface area contributed by atoms with Crippen LogP contribution in [0, 0.1) is 13.8 Å². The predicted molar refractivity (Wildman–Crippen MR) is 103 cm³/mol. The van der Waals surface area contributed by atoms with Crippen LogP contribution in [0.5, 0.6) is 0 Å². The summed E-state index contributed by atoms with van der Waals surface area (Å²) in [5, 5.41) is 5.71. The van der Waals surface area contributed by atoms with Crippen LogP contribution in [-0.2, 0) is 9.53 Å². The number of hydrogen-bond donors (Lipinski definition) is 2. The molecule has 0 saturated carbocycles. The van der Waals surface area contributed by atoms with E-state index in [4.69, 9.17) is 17.0 Å². The average Bonchev–Trinajstić information content (AvgIpc) is 3.06. The Morgan fingerprint density at radius 2 is 1.92 bits per heavy atom. The molecule has 1 amide bonds. The van der Waals surface area contributed by atoms with Gasteiger partial charge in [-0.05, 0) is 75.0 Å². The van der Waals surface area contributed by atoms with Crippen LogP contribution in [-0.4, -0.2) is 28.2 Å². The lowest BCUT2D eigenvalue weighted by atomic mass is 10.2. The fraction of sp³-hybridized carbons (Fsp3) is 0.211. The zero-order valence-corrected chi connectivity index (χ0v) is 15.6. The van der Waals surface area contributed by atoms with Gasteiger partial charge in [-0.3, -0.25) is 10.1 Å². The molecule has 3 rings (SSSR count). The van der Waals surface area contributed by atoms with Crippen molar-refractivity contribution in [3.8, 4) is 5.69 Å². The largest absolute Gasteiger partial charge is 0.462 e. The van der Waals surface area contributed by atoms with E-state index in [-0.39, 0.29) is 11.9 Å². The maximum atomic E-state index is 11.8. The van der Waals surface area contributed by atoms with Crippen molar-refractivity contribution in [3.63, 3.8) is 0 Å². The second-order valence-electron chi connectivity index (χ2n) is 5.90. The van der Waals surface area contributed by atoms with Crippen molar-refractivity contribution < 1.29 is 14.3 Å². The maximum Gasteiger partial charge on any atom is 0.338 e. The predicted octanol–water partition coefficient (Wildman–Crippen LogP) is 2.62. The molecule has 2 N–H and O–H groups in total. The molecule has 7 heteroatoms. The van der Waals surface area contributed by atoms with Crippen LogP contribution in [0.15, 0.2) is 36.0 Å². The van der Waals surface area contributed by atoms with Gasteiger partial charge in [0, 0.05) is 17.1 Å². The smallest absolute Gasteiger partial charge is 0.338 e. The molecule has 0 unspecified atom stereocenters. The lowest BCUT2D eigenvalue weighted by Crippen LogP contribution is -2.21. The van der Waals surface area contributed by atoms with E-state index >= 15 is 0 Å². The molecule has 0 aliphatic carbocycles. The number of aryl methyl sites for hydroxylation is 1. The molecule has 2 heterocycles. The molecule has 0 atom stereocenters. The molecule has 0 spiro atoms. The van der Waals surface area contributed by atoms with E-state index < -0.39 is 0 Å². The van der Waals surface area contributed by atoms with Crippen LogP contribution in [0.3, 0.4) is 0 Å². The van der Waals surface area contributed by atoms with Gasteiger partial charge >= 0.3 is 5.97 Å². The quantitative estimate of drug-likeness (QED) is 0.492. The summed E-state index contributed by atoms with van der Waals surface area (Å²) in [4.78, 5) is 23.6. The Labute approximate surface area is 156 Å². The zero-order chi connectivity index (χ0) is 18.8. The van der Waals surface area contributed by atoms with E-state index in [2.05, 4.69) is 15.2 Å². The van der Waals surface area contributed by atoms with Crippen LogP contribution < -0.4 is 10.6 Å². The molecule has 6 nitrogen and oxygen atoms in total. The molecule has 1 aliphatic heterocycles. The lowest BCUT2D eigenvalue weighted by molar-refractivity contribution is -0.115. The average molecular weight is 369 g/mol. The van der Waals surface area contributed by atoms with Crippen LogP contribution >= 0.6 is 12.2 Å². The fourth-order valence-electron chi connectivity index (χ4n) is 2.93. The first-order valence-corrected chi connectivity index (χ1v) is 8.62. The number of carbonyl (C=O) groups is 2. The first-order valence-electron chi connectivity index (χ1n) is 8.21. The van der Waals surface area contributed by atoms with E-state index in [1.54, 1.807) is 25.1 Å². The van der Waals surface area contributed by atoms with Gasteiger partial charge in [0.25, 0.3) is 5.91 Å². The maximum absolute atomic E-state index is 11.8. The number of aromatic nitrogens is 1. The topological polar surface area (TPSA) is 72.4 Å². The number of rotatable bonds is 4. The Kier molecular flexibility index (Phi) is 4.90. The van der Waals surface area contributed by atoms with E-state index in [1.807, 2.05) is 32.0 Å². The highest BCUT2D eigenvalue weighted by Gasteiger charge is 2.21. The summed E-state index contributed by atoms with van der Waals surface area (Å²) in [5.74, 6) is -0.571. The van der Waals surface area contributed by atoms with Crippen molar-refractivity contribution in [1.82, 2.24) is 15.2 Å². The number of amides is 1. The number of thiocarbonyl (C=S) groups is 1. The van der Waals surface area contributed by atoms with E-state index in [9.17, 15) is 9.59 Å². The van der Waals surface area contributed by atoms with Crippen LogP contribution in [0.2, 0.25) is 0 Å². The molecule has 0 radical (unpaired) electrons. The van der Waals surface area contributed by atoms with Crippen molar-refractivity contribution in [2.75, 3.05) is 6.61 Å². The molecule has 1 aromatic carbocycles. The van der Waals surface area contributed by atoms with Gasteiger partial charge in [0.1, 0.15) is 5.70 Å². The molecule has 1 saturated heterocycles. The molecule has 2 aromatic rings. The number of carbonyl (C=O) groups excluding carboxylic acids is 2. The monoisotopic (exact) mass is 369 g/mol. The first-order chi connectivity index (χ1) is 12.4. The standard InChI is InChI=1S/C19H19N3O3S/c1-4-25-18(24)13-5-7-15(8-6-13)22-11(2)9-14(12(22)3)10-16-17(23)21-19(26)20-16/h5-10H,4H2,1-3H3,(H2,20,21,23,26)/b16-10-. The third kappa shape index (κ3) is 3.39. The van der Waals surface area contributed by atoms with Gasteiger partial charge in [-0.1, -0.05) is 0 Å². The van der Waals surface area contributed by atoms with E-state index in [0.29, 0.717) is 23.0 Å². The van der Waals surface area contributed by atoms with Crippen molar-refractivity contribution in [3.05, 3.63) is 58.5 Å². The van der Waals surface area contributed by atoms with Gasteiger partial charge in [-0.25, -0.2) is 4.79 Å². The molecule has 1 aromatic heterocycles. The van der Waals surface area contributed by atoms with Gasteiger partial charge in [0.05, 0.1) is 12.2 Å². The summed E-state index contributed by atoms with van der Waals surface area (Å²) in [6.07, 6.45) is 1.78. The van der Waals surface area contributed by atoms with Gasteiger partial charge in [-0.2, -0.15) is 0 Å². The van der Waals surface area contributed by atoms with E-state index in [0.717, 1.165) is 22.6 Å². The summed E-state index contributed by atoms with van der Waals surface area (Å²) in [6, 6.07) is 9.24. The van der Waals surface area contributed by atoms with Crippen LogP contribution in [0.4, 0.5) is 0 Å². The summed E-state index contributed by atoms with van der Waals surface area (Å²) >= 11 is 4.95. The van der Waals surface area contributed by atoms with Crippen LogP contribution in [0.1, 0.15) is 34.2 Å². The molecule has 26 heavy (non-hydrogen) atoms. The Balaban J connectivity index is 1.93. The van der Waals surface area contributed by atoms with Gasteiger partial charge in [-0.15, -0.1) is 0 Å². The molecule has 1 fully saturated rings. The molecule has 0 bridgehead atoms.